The highest BCUT2D eigenvalue weighted by molar-refractivity contribution is 8.18. The van der Waals surface area contributed by atoms with Crippen molar-refractivity contribution in [3.8, 4) is 0 Å². The summed E-state index contributed by atoms with van der Waals surface area (Å²) in [5, 5.41) is 2.45. The van der Waals surface area contributed by atoms with E-state index in [1.54, 1.807) is 24.3 Å². The van der Waals surface area contributed by atoms with Crippen LogP contribution in [0.15, 0.2) is 29.2 Å². The largest absolute Gasteiger partial charge is 0.351 e. The van der Waals surface area contributed by atoms with E-state index in [1.807, 2.05) is 0 Å². The van der Waals surface area contributed by atoms with Crippen LogP contribution >= 0.6 is 23.4 Å². The summed E-state index contributed by atoms with van der Waals surface area (Å²) in [7, 11) is -3.13. The first-order chi connectivity index (χ1) is 12.2. The molecule has 0 aliphatic carbocycles. The Balaban J connectivity index is 1.66. The lowest BCUT2D eigenvalue weighted by molar-refractivity contribution is -0.129. The first-order valence-corrected chi connectivity index (χ1v) is 10.8. The number of halogens is 1. The third-order valence-corrected chi connectivity index (χ3v) is 6.98. The van der Waals surface area contributed by atoms with E-state index in [0.29, 0.717) is 17.0 Å². The van der Waals surface area contributed by atoms with E-state index >= 15 is 0 Å². The summed E-state index contributed by atoms with van der Waals surface area (Å²) in [6.07, 6.45) is 1.84. The van der Waals surface area contributed by atoms with Gasteiger partial charge in [0.2, 0.25) is 5.91 Å². The van der Waals surface area contributed by atoms with Crippen molar-refractivity contribution in [1.82, 2.24) is 10.2 Å². The van der Waals surface area contributed by atoms with Crippen LogP contribution in [0.4, 0.5) is 4.79 Å². The van der Waals surface area contributed by atoms with Gasteiger partial charge < -0.3 is 5.32 Å². The maximum Gasteiger partial charge on any atom is 0.294 e. The van der Waals surface area contributed by atoms with Crippen LogP contribution in [0.5, 0.6) is 0 Å². The molecule has 2 fully saturated rings. The van der Waals surface area contributed by atoms with Gasteiger partial charge in [0.25, 0.3) is 11.1 Å². The Hall–Kier alpha value is -1.84. The van der Waals surface area contributed by atoms with Crippen molar-refractivity contribution < 1.29 is 22.8 Å². The molecule has 1 atom stereocenters. The second-order valence-electron chi connectivity index (χ2n) is 5.96. The molecule has 138 valence electrons. The van der Waals surface area contributed by atoms with Crippen LogP contribution in [0.1, 0.15) is 12.0 Å². The van der Waals surface area contributed by atoms with Gasteiger partial charge in [-0.2, -0.15) is 0 Å². The van der Waals surface area contributed by atoms with Gasteiger partial charge in [-0.3, -0.25) is 19.3 Å². The molecule has 0 unspecified atom stereocenters. The van der Waals surface area contributed by atoms with Gasteiger partial charge in [0.05, 0.1) is 16.4 Å². The molecule has 1 aromatic rings. The molecule has 2 aliphatic heterocycles. The van der Waals surface area contributed by atoms with Crippen molar-refractivity contribution >= 4 is 56.3 Å². The molecule has 0 spiro atoms. The van der Waals surface area contributed by atoms with Crippen LogP contribution in [0.2, 0.25) is 5.02 Å². The van der Waals surface area contributed by atoms with Crippen LogP contribution < -0.4 is 5.32 Å². The summed E-state index contributed by atoms with van der Waals surface area (Å²) < 4.78 is 22.8. The molecular weight excluding hydrogens is 400 g/mol. The number of hydrogen-bond acceptors (Lipinski definition) is 6. The van der Waals surface area contributed by atoms with Crippen molar-refractivity contribution in [2.75, 3.05) is 18.1 Å². The monoisotopic (exact) mass is 414 g/mol. The van der Waals surface area contributed by atoms with Gasteiger partial charge in [-0.15, -0.1) is 0 Å². The van der Waals surface area contributed by atoms with Crippen LogP contribution in [0.25, 0.3) is 6.08 Å². The number of carbonyl (C=O) groups is 3. The second-order valence-corrected chi connectivity index (χ2v) is 9.59. The third-order valence-electron chi connectivity index (χ3n) is 3.96. The van der Waals surface area contributed by atoms with Crippen molar-refractivity contribution in [1.29, 1.82) is 0 Å². The van der Waals surface area contributed by atoms with E-state index in [0.717, 1.165) is 16.7 Å². The minimum absolute atomic E-state index is 0.0279. The fourth-order valence-corrected chi connectivity index (χ4v) is 5.39. The maximum absolute atomic E-state index is 12.4. The number of amides is 3. The smallest absolute Gasteiger partial charge is 0.294 e. The van der Waals surface area contributed by atoms with Crippen LogP contribution in [-0.4, -0.2) is 54.5 Å². The minimum Gasteiger partial charge on any atom is -0.351 e. The number of sulfone groups is 1. The van der Waals surface area contributed by atoms with E-state index in [2.05, 4.69) is 5.32 Å². The molecule has 2 heterocycles. The second kappa shape index (κ2) is 7.42. The van der Waals surface area contributed by atoms with E-state index in [4.69, 9.17) is 11.6 Å². The number of imide groups is 1. The summed E-state index contributed by atoms with van der Waals surface area (Å²) in [5.41, 5.74) is 0.597. The first kappa shape index (κ1) is 18.9. The molecule has 7 nitrogen and oxygen atoms in total. The standard InChI is InChI=1S/C16H15ClN2O5S2/c17-12-4-2-1-3-10(12)7-13-15(21)19(16(22)25-13)8-14(20)18-11-5-6-26(23,24)9-11/h1-4,7,11H,5-6,8-9H2,(H,18,20)/b13-7-/t11-/m1/s1. The highest BCUT2D eigenvalue weighted by Crippen LogP contribution is 2.33. The van der Waals surface area contributed by atoms with Gasteiger partial charge in [-0.05, 0) is 35.9 Å². The van der Waals surface area contributed by atoms with E-state index in [9.17, 15) is 22.8 Å². The maximum atomic E-state index is 12.4. The van der Waals surface area contributed by atoms with Crippen molar-refractivity contribution in [3.05, 3.63) is 39.8 Å². The van der Waals surface area contributed by atoms with E-state index < -0.39 is 39.5 Å². The SMILES string of the molecule is O=C(CN1C(=O)S/C(=C\c2ccccc2Cl)C1=O)N[C@@H]1CCS(=O)(=O)C1. The van der Waals surface area contributed by atoms with Crippen LogP contribution in [0, 0.1) is 0 Å². The fraction of sp³-hybridized carbons (Fsp3) is 0.312. The van der Waals surface area contributed by atoms with Gasteiger partial charge in [-0.25, -0.2) is 8.42 Å². The molecule has 0 radical (unpaired) electrons. The van der Waals surface area contributed by atoms with Gasteiger partial charge in [0, 0.05) is 11.1 Å². The Kier molecular flexibility index (Phi) is 5.40. The fourth-order valence-electron chi connectivity index (χ4n) is 2.70. The first-order valence-electron chi connectivity index (χ1n) is 7.75. The lowest BCUT2D eigenvalue weighted by Gasteiger charge is -2.15. The molecule has 2 saturated heterocycles. The molecule has 0 aromatic heterocycles. The summed E-state index contributed by atoms with van der Waals surface area (Å²) >= 11 is 6.78. The van der Waals surface area contributed by atoms with Crippen LogP contribution in [0.3, 0.4) is 0 Å². The number of nitrogens with one attached hydrogen (secondary N) is 1. The van der Waals surface area contributed by atoms with Gasteiger partial charge in [0.15, 0.2) is 9.84 Å². The quantitative estimate of drug-likeness (QED) is 0.752. The van der Waals surface area contributed by atoms with Gasteiger partial charge in [0.1, 0.15) is 6.54 Å². The predicted molar refractivity (Wildman–Crippen MR) is 99.3 cm³/mol. The van der Waals surface area contributed by atoms with Crippen molar-refractivity contribution in [3.63, 3.8) is 0 Å². The highest BCUT2D eigenvalue weighted by Gasteiger charge is 2.37. The van der Waals surface area contributed by atoms with E-state index in [1.165, 1.54) is 6.08 Å². The molecule has 3 rings (SSSR count). The number of thioether (sulfide) groups is 1. The number of rotatable bonds is 4. The molecule has 26 heavy (non-hydrogen) atoms. The zero-order chi connectivity index (χ0) is 18.9. The highest BCUT2D eigenvalue weighted by atomic mass is 35.5. The lowest BCUT2D eigenvalue weighted by Crippen LogP contribution is -2.43. The molecule has 0 bridgehead atoms. The zero-order valence-corrected chi connectivity index (χ0v) is 15.9. The Labute approximate surface area is 159 Å². The molecule has 10 heteroatoms. The molecule has 1 aromatic carbocycles. The number of hydrogen-bond donors (Lipinski definition) is 1. The summed E-state index contributed by atoms with van der Waals surface area (Å²) in [6.45, 7) is -0.443. The average Bonchev–Trinajstić information content (AvgIpc) is 3.03. The van der Waals surface area contributed by atoms with Crippen molar-refractivity contribution in [2.45, 2.75) is 12.5 Å². The summed E-state index contributed by atoms with van der Waals surface area (Å²) in [6, 6.07) is 6.40. The third kappa shape index (κ3) is 4.28. The molecule has 2 aliphatic rings. The Morgan fingerprint density at radius 1 is 1.35 bits per heavy atom. The Bertz CT molecular complexity index is 913. The summed E-state index contributed by atoms with van der Waals surface area (Å²) in [4.78, 5) is 37.6. The average molecular weight is 415 g/mol. The van der Waals surface area contributed by atoms with Gasteiger partial charge >= 0.3 is 0 Å². The Morgan fingerprint density at radius 3 is 2.73 bits per heavy atom. The molecule has 0 saturated carbocycles. The predicted octanol–water partition coefficient (Wildman–Crippen LogP) is 1.68. The topological polar surface area (TPSA) is 101 Å². The number of nitrogens with zero attached hydrogens (tertiary/aromatic N) is 1. The zero-order valence-electron chi connectivity index (χ0n) is 13.5. The van der Waals surface area contributed by atoms with Crippen molar-refractivity contribution in [2.24, 2.45) is 0 Å². The number of benzene rings is 1. The minimum atomic E-state index is -3.13. The van der Waals surface area contributed by atoms with Crippen LogP contribution in [-0.2, 0) is 19.4 Å². The number of carbonyl (C=O) groups excluding carboxylic acids is 3. The molecule has 3 amide bonds. The summed E-state index contributed by atoms with van der Waals surface area (Å²) in [5.74, 6) is -1.23. The molecule has 1 N–H and O–H groups in total. The van der Waals surface area contributed by atoms with Gasteiger partial charge in [-0.1, -0.05) is 29.8 Å². The van der Waals surface area contributed by atoms with E-state index in [-0.39, 0.29) is 16.4 Å². The lowest BCUT2D eigenvalue weighted by atomic mass is 10.2. The molecular formula is C16H15ClN2O5S2. The normalized spacial score (nSPS) is 23.7. The Morgan fingerprint density at radius 2 is 2.08 bits per heavy atom.